The minimum absolute atomic E-state index is 0.0623. The number of allylic oxidation sites excluding steroid dienone is 9. The molecular formula is C33H48ClNO11. The number of carbonyl (C=O) groups excluding carboxylic acids is 2. The minimum atomic E-state index is -1.62. The molecule has 0 aromatic heterocycles. The van der Waals surface area contributed by atoms with E-state index in [4.69, 9.17) is 31.9 Å². The molecule has 1 aliphatic rings. The number of carboxylic acid groups (broad SMARTS) is 1. The molecule has 0 bridgehead atoms. The van der Waals surface area contributed by atoms with Gasteiger partial charge in [-0.05, 0) is 38.3 Å². The maximum atomic E-state index is 12.1. The molecule has 0 aromatic rings. The third-order valence-electron chi connectivity index (χ3n) is 7.37. The number of aliphatic hydroxyl groups excluding tert-OH is 5. The number of hydrogen-bond donors (Lipinski definition) is 7. The first-order valence-electron chi connectivity index (χ1n) is 15.2. The second-order valence-electron chi connectivity index (χ2n) is 11.2. The average Bonchev–Trinajstić information content (AvgIpc) is 2.99. The van der Waals surface area contributed by atoms with E-state index in [0.717, 1.165) is 5.57 Å². The van der Waals surface area contributed by atoms with Crippen LogP contribution in [-0.4, -0.2) is 91.4 Å². The van der Waals surface area contributed by atoms with E-state index >= 15 is 0 Å². The van der Waals surface area contributed by atoms with Crippen LogP contribution in [0, 0.1) is 11.8 Å². The predicted molar refractivity (Wildman–Crippen MR) is 172 cm³/mol. The maximum absolute atomic E-state index is 12.1. The topological polar surface area (TPSA) is 217 Å². The van der Waals surface area contributed by atoms with Crippen molar-refractivity contribution in [1.29, 1.82) is 0 Å². The van der Waals surface area contributed by atoms with Crippen LogP contribution < -0.4 is 5.73 Å². The van der Waals surface area contributed by atoms with Gasteiger partial charge in [0.1, 0.15) is 18.3 Å². The van der Waals surface area contributed by atoms with Crippen molar-refractivity contribution in [2.45, 2.75) is 102 Å². The van der Waals surface area contributed by atoms with Gasteiger partial charge in [0, 0.05) is 36.3 Å². The Kier molecular flexibility index (Phi) is 19.1. The van der Waals surface area contributed by atoms with Crippen molar-refractivity contribution in [3.05, 3.63) is 71.4 Å². The minimum Gasteiger partial charge on any atom is -0.481 e. The van der Waals surface area contributed by atoms with Crippen LogP contribution in [0.5, 0.6) is 0 Å². The van der Waals surface area contributed by atoms with Crippen molar-refractivity contribution in [1.82, 2.24) is 0 Å². The third kappa shape index (κ3) is 15.8. The lowest BCUT2D eigenvalue weighted by atomic mass is 9.85. The number of rotatable bonds is 18. The molecule has 1 aliphatic carbocycles. The molecule has 258 valence electrons. The lowest BCUT2D eigenvalue weighted by molar-refractivity contribution is -0.159. The van der Waals surface area contributed by atoms with Crippen molar-refractivity contribution >= 4 is 29.6 Å². The van der Waals surface area contributed by atoms with Crippen molar-refractivity contribution in [2.24, 2.45) is 17.6 Å². The fourth-order valence-electron chi connectivity index (χ4n) is 4.63. The van der Waals surface area contributed by atoms with E-state index in [1.165, 1.54) is 18.2 Å². The normalized spacial score (nSPS) is 23.8. The molecule has 46 heavy (non-hydrogen) atoms. The summed E-state index contributed by atoms with van der Waals surface area (Å²) >= 11 is 6.30. The number of primary amides is 1. The van der Waals surface area contributed by atoms with Crippen LogP contribution in [0.1, 0.15) is 59.3 Å². The number of carboxylic acids is 1. The first-order chi connectivity index (χ1) is 21.7. The van der Waals surface area contributed by atoms with Gasteiger partial charge in [-0.2, -0.15) is 0 Å². The van der Waals surface area contributed by atoms with E-state index in [1.807, 2.05) is 13.8 Å². The molecule has 0 heterocycles. The summed E-state index contributed by atoms with van der Waals surface area (Å²) < 4.78 is 10.1. The Bertz CT molecular complexity index is 1160. The highest BCUT2D eigenvalue weighted by atomic mass is 35.5. The molecule has 12 nitrogen and oxygen atoms in total. The zero-order valence-corrected chi connectivity index (χ0v) is 27.1. The molecule has 13 heteroatoms. The van der Waals surface area contributed by atoms with Gasteiger partial charge in [0.2, 0.25) is 0 Å². The number of nitrogens with two attached hydrogens (primary N) is 1. The van der Waals surface area contributed by atoms with E-state index in [0.29, 0.717) is 12.8 Å². The Labute approximate surface area is 274 Å². The summed E-state index contributed by atoms with van der Waals surface area (Å²) in [6.45, 7) is 5.25. The van der Waals surface area contributed by atoms with Crippen LogP contribution in [0.4, 0.5) is 4.79 Å². The summed E-state index contributed by atoms with van der Waals surface area (Å²) in [6.07, 6.45) is 7.51. The highest BCUT2D eigenvalue weighted by Gasteiger charge is 2.35. The standard InChI is InChI=1S/C33H48ClNO11/c1-4-5-12-24(45-33(35)44)18-23(36)19-27(38)31(41)30(40)21(3)25(34)13-8-6-10-20(2)11-7-9-14-29(39)46-28-17-22(32(42)43)15-16-26(28)37/h5-14,21-24,26-28,30-31,36-38,40-41H,4,15-19H2,1-3H3,(H2,35,44)(H,42,43)/b8-6+,11-7+,12-5-,14-9+,20-10+,25-13+/t21-,22+,23-,24-,26+,27+,28+,30-,31-/m1/s1. The van der Waals surface area contributed by atoms with Gasteiger partial charge in [0.25, 0.3) is 0 Å². The van der Waals surface area contributed by atoms with Gasteiger partial charge >= 0.3 is 18.0 Å². The Morgan fingerprint density at radius 1 is 0.978 bits per heavy atom. The molecule has 0 aromatic carbocycles. The molecule has 1 amide bonds. The molecule has 0 unspecified atom stereocenters. The highest BCUT2D eigenvalue weighted by Crippen LogP contribution is 2.27. The van der Waals surface area contributed by atoms with E-state index in [9.17, 15) is 39.9 Å². The zero-order chi connectivity index (χ0) is 34.8. The Balaban J connectivity index is 2.60. The second kappa shape index (κ2) is 21.5. The van der Waals surface area contributed by atoms with Crippen LogP contribution in [0.3, 0.4) is 0 Å². The number of esters is 1. The van der Waals surface area contributed by atoms with Crippen molar-refractivity contribution < 1.29 is 54.5 Å². The first-order valence-corrected chi connectivity index (χ1v) is 15.6. The Hall–Kier alpha value is -3.26. The summed E-state index contributed by atoms with van der Waals surface area (Å²) in [7, 11) is 0. The lowest BCUT2D eigenvalue weighted by Crippen LogP contribution is -2.43. The summed E-state index contributed by atoms with van der Waals surface area (Å²) in [5.41, 5.74) is 5.87. The molecule has 1 fully saturated rings. The molecule has 0 saturated heterocycles. The molecule has 1 rings (SSSR count). The summed E-state index contributed by atoms with van der Waals surface area (Å²) in [6, 6.07) is 0. The quantitative estimate of drug-likeness (QED) is 0.0486. The van der Waals surface area contributed by atoms with Crippen molar-refractivity contribution in [3.8, 4) is 0 Å². The summed E-state index contributed by atoms with van der Waals surface area (Å²) in [5, 5.41) is 61.1. The number of halogens is 1. The molecule has 1 saturated carbocycles. The van der Waals surface area contributed by atoms with E-state index in [-0.39, 0.29) is 30.7 Å². The number of ether oxygens (including phenoxy) is 2. The van der Waals surface area contributed by atoms with Crippen LogP contribution >= 0.6 is 11.6 Å². The van der Waals surface area contributed by atoms with Gasteiger partial charge in [-0.25, -0.2) is 9.59 Å². The lowest BCUT2D eigenvalue weighted by Gasteiger charge is -2.30. The number of amides is 1. The number of aliphatic carboxylic acids is 1. The third-order valence-corrected chi connectivity index (χ3v) is 7.84. The largest absolute Gasteiger partial charge is 0.481 e. The Morgan fingerprint density at radius 2 is 1.63 bits per heavy atom. The molecule has 0 radical (unpaired) electrons. The van der Waals surface area contributed by atoms with Crippen LogP contribution in [0.25, 0.3) is 0 Å². The highest BCUT2D eigenvalue weighted by molar-refractivity contribution is 6.30. The molecule has 0 spiro atoms. The second-order valence-corrected chi connectivity index (χ2v) is 11.7. The van der Waals surface area contributed by atoms with Gasteiger partial charge < -0.3 is 45.8 Å². The fourth-order valence-corrected chi connectivity index (χ4v) is 4.83. The zero-order valence-electron chi connectivity index (χ0n) is 26.4. The van der Waals surface area contributed by atoms with Gasteiger partial charge in [0.05, 0.1) is 30.3 Å². The van der Waals surface area contributed by atoms with Gasteiger partial charge in [0.15, 0.2) is 0 Å². The number of aliphatic hydroxyl groups is 5. The van der Waals surface area contributed by atoms with E-state index < -0.39 is 72.6 Å². The van der Waals surface area contributed by atoms with Crippen LogP contribution in [0.2, 0.25) is 0 Å². The van der Waals surface area contributed by atoms with E-state index in [1.54, 1.807) is 49.5 Å². The number of hydrogen-bond acceptors (Lipinski definition) is 10. The summed E-state index contributed by atoms with van der Waals surface area (Å²) in [5.74, 6) is -3.07. The summed E-state index contributed by atoms with van der Waals surface area (Å²) in [4.78, 5) is 34.3. The fraction of sp³-hybridized carbons (Fsp3) is 0.545. The SMILES string of the molecule is CC/C=C\[C@H](C[C@@H](O)C[C@H](O)[C@@H](O)[C@H](O)[C@H](C)\C(Cl)=C/C=C/C=C(C)/C=C/C=C/C(=O)O[C@H]1C[C@@H](C(=O)O)CC[C@@H]1O)OC(N)=O. The maximum Gasteiger partial charge on any atom is 0.405 e. The monoisotopic (exact) mass is 669 g/mol. The molecular weight excluding hydrogens is 622 g/mol. The van der Waals surface area contributed by atoms with Crippen molar-refractivity contribution in [3.63, 3.8) is 0 Å². The van der Waals surface area contributed by atoms with Gasteiger partial charge in [-0.1, -0.05) is 73.6 Å². The smallest absolute Gasteiger partial charge is 0.405 e. The van der Waals surface area contributed by atoms with Crippen molar-refractivity contribution in [2.75, 3.05) is 0 Å². The van der Waals surface area contributed by atoms with Crippen LogP contribution in [-0.2, 0) is 19.1 Å². The predicted octanol–water partition coefficient (Wildman–Crippen LogP) is 3.17. The van der Waals surface area contributed by atoms with Crippen LogP contribution in [0.15, 0.2) is 71.4 Å². The average molecular weight is 670 g/mol. The van der Waals surface area contributed by atoms with Gasteiger partial charge in [-0.3, -0.25) is 4.79 Å². The molecule has 9 atom stereocenters. The Morgan fingerprint density at radius 3 is 2.26 bits per heavy atom. The first kappa shape index (κ1) is 40.8. The van der Waals surface area contributed by atoms with E-state index in [2.05, 4.69) is 0 Å². The van der Waals surface area contributed by atoms with Gasteiger partial charge in [-0.15, -0.1) is 0 Å². The molecule has 0 aliphatic heterocycles. The molecule has 8 N–H and O–H groups in total. The number of carbonyl (C=O) groups is 3.